The minimum Gasteiger partial charge on any atom is -0.325 e. The number of nitrogens with one attached hydrogen (secondary N) is 3. The van der Waals surface area contributed by atoms with Gasteiger partial charge < -0.3 is 5.32 Å². The van der Waals surface area contributed by atoms with Crippen molar-refractivity contribution in [1.82, 2.24) is 20.1 Å². The van der Waals surface area contributed by atoms with E-state index in [1.165, 1.54) is 0 Å². The molecule has 9 heteroatoms. The highest BCUT2D eigenvalue weighted by molar-refractivity contribution is 7.71. The van der Waals surface area contributed by atoms with Gasteiger partial charge in [-0.25, -0.2) is 0 Å². The lowest BCUT2D eigenvalue weighted by molar-refractivity contribution is -0.138. The lowest BCUT2D eigenvalue weighted by Gasteiger charge is -2.35. The Hall–Kier alpha value is -3.59. The number of carbonyl (C=O) groups is 3. The number of imide groups is 1. The summed E-state index contributed by atoms with van der Waals surface area (Å²) in [5, 5.41) is 12.3. The monoisotopic (exact) mass is 463 g/mol. The summed E-state index contributed by atoms with van der Waals surface area (Å²) >= 11 is 5.32. The number of piperidine rings is 1. The zero-order valence-corrected chi connectivity index (χ0v) is 19.3. The summed E-state index contributed by atoms with van der Waals surface area (Å²) in [6.45, 7) is 3.94. The molecule has 0 saturated carbocycles. The molecular weight excluding hydrogens is 438 g/mol. The van der Waals surface area contributed by atoms with E-state index in [2.05, 4.69) is 20.8 Å². The van der Waals surface area contributed by atoms with Crippen molar-refractivity contribution >= 4 is 35.6 Å². The van der Waals surface area contributed by atoms with Crippen LogP contribution in [-0.2, 0) is 26.3 Å². The maximum absolute atomic E-state index is 12.7. The van der Waals surface area contributed by atoms with E-state index in [0.717, 1.165) is 16.7 Å². The molecule has 1 aliphatic heterocycles. The Balaban J connectivity index is 1.49. The molecule has 1 fully saturated rings. The number of rotatable bonds is 6. The van der Waals surface area contributed by atoms with Gasteiger partial charge in [0.05, 0.1) is 5.41 Å². The molecule has 0 spiro atoms. The van der Waals surface area contributed by atoms with Crippen LogP contribution >= 0.6 is 12.2 Å². The van der Waals surface area contributed by atoms with Gasteiger partial charge in [0.25, 0.3) is 0 Å². The molecule has 0 radical (unpaired) electrons. The van der Waals surface area contributed by atoms with Crippen LogP contribution in [0.5, 0.6) is 0 Å². The summed E-state index contributed by atoms with van der Waals surface area (Å²) in [7, 11) is 0. The van der Waals surface area contributed by atoms with E-state index in [0.29, 0.717) is 35.5 Å². The topological polar surface area (TPSA) is 109 Å². The van der Waals surface area contributed by atoms with E-state index in [4.69, 9.17) is 12.2 Å². The molecule has 0 aliphatic carbocycles. The number of carbonyl (C=O) groups excluding carboxylic acids is 3. The van der Waals surface area contributed by atoms with Gasteiger partial charge in [0.15, 0.2) is 10.6 Å². The van der Waals surface area contributed by atoms with Crippen LogP contribution < -0.4 is 10.6 Å². The smallest absolute Gasteiger partial charge is 0.244 e. The van der Waals surface area contributed by atoms with Crippen molar-refractivity contribution in [3.05, 3.63) is 64.4 Å². The number of aromatic amines is 1. The van der Waals surface area contributed by atoms with Crippen LogP contribution in [0.4, 0.5) is 5.69 Å². The first-order valence-electron chi connectivity index (χ1n) is 10.8. The van der Waals surface area contributed by atoms with Crippen LogP contribution in [0.1, 0.15) is 37.3 Å². The van der Waals surface area contributed by atoms with Crippen molar-refractivity contribution in [3.63, 3.8) is 0 Å². The minimum atomic E-state index is -0.733. The highest BCUT2D eigenvalue weighted by atomic mass is 32.1. The van der Waals surface area contributed by atoms with Gasteiger partial charge in [-0.15, -0.1) is 0 Å². The van der Waals surface area contributed by atoms with Crippen molar-refractivity contribution in [2.75, 3.05) is 5.32 Å². The number of anilines is 1. The molecule has 4 rings (SSSR count). The molecule has 3 aromatic rings. The SMILES string of the molecule is CCC1(c2ccc(NC(=O)Cn3c(-c4ccc(C)cc4)n[nH]c3=S)cc2)CCC(=O)NC1=O. The van der Waals surface area contributed by atoms with Gasteiger partial charge in [0, 0.05) is 17.7 Å². The Labute approximate surface area is 196 Å². The van der Waals surface area contributed by atoms with Crippen molar-refractivity contribution in [2.45, 2.75) is 45.1 Å². The number of aryl methyl sites for hydroxylation is 1. The molecule has 1 atom stereocenters. The number of hydrogen-bond donors (Lipinski definition) is 3. The minimum absolute atomic E-state index is 0.00368. The molecule has 33 heavy (non-hydrogen) atoms. The number of aromatic nitrogens is 3. The third kappa shape index (κ3) is 4.49. The van der Waals surface area contributed by atoms with Crippen molar-refractivity contribution in [1.29, 1.82) is 0 Å². The Morgan fingerprint density at radius 1 is 1.15 bits per heavy atom. The maximum Gasteiger partial charge on any atom is 0.244 e. The Morgan fingerprint density at radius 3 is 2.48 bits per heavy atom. The van der Waals surface area contributed by atoms with Gasteiger partial charge in [-0.3, -0.25) is 29.4 Å². The highest BCUT2D eigenvalue weighted by Crippen LogP contribution is 2.36. The lowest BCUT2D eigenvalue weighted by atomic mass is 9.72. The third-order valence-electron chi connectivity index (χ3n) is 6.16. The Bertz CT molecular complexity index is 1260. The number of nitrogens with zero attached hydrogens (tertiary/aromatic N) is 2. The molecule has 1 unspecified atom stereocenters. The summed E-state index contributed by atoms with van der Waals surface area (Å²) in [5.74, 6) is -0.167. The fourth-order valence-corrected chi connectivity index (χ4v) is 4.37. The van der Waals surface area contributed by atoms with Gasteiger partial charge >= 0.3 is 0 Å². The van der Waals surface area contributed by atoms with E-state index < -0.39 is 5.41 Å². The van der Waals surface area contributed by atoms with Gasteiger partial charge in [0.2, 0.25) is 17.7 Å². The zero-order valence-electron chi connectivity index (χ0n) is 18.5. The molecule has 1 aromatic heterocycles. The molecule has 8 nitrogen and oxygen atoms in total. The first kappa shape index (κ1) is 22.6. The first-order chi connectivity index (χ1) is 15.8. The fourth-order valence-electron chi connectivity index (χ4n) is 4.17. The molecule has 1 saturated heterocycles. The van der Waals surface area contributed by atoms with E-state index in [9.17, 15) is 14.4 Å². The molecule has 1 aliphatic rings. The number of benzene rings is 2. The van der Waals surface area contributed by atoms with Crippen LogP contribution in [0, 0.1) is 11.7 Å². The normalized spacial score (nSPS) is 18.1. The first-order valence-corrected chi connectivity index (χ1v) is 11.2. The summed E-state index contributed by atoms with van der Waals surface area (Å²) in [6, 6.07) is 15.0. The molecule has 2 aromatic carbocycles. The van der Waals surface area contributed by atoms with Gasteiger partial charge in [-0.2, -0.15) is 5.10 Å². The van der Waals surface area contributed by atoms with E-state index in [-0.39, 0.29) is 24.3 Å². The van der Waals surface area contributed by atoms with Gasteiger partial charge in [-0.1, -0.05) is 48.9 Å². The molecule has 3 N–H and O–H groups in total. The van der Waals surface area contributed by atoms with E-state index in [1.807, 2.05) is 50.2 Å². The quantitative estimate of drug-likeness (QED) is 0.382. The predicted octanol–water partition coefficient (Wildman–Crippen LogP) is 3.64. The second kappa shape index (κ2) is 9.11. The van der Waals surface area contributed by atoms with E-state index >= 15 is 0 Å². The standard InChI is InChI=1S/C24H25N5O3S/c1-3-24(13-12-19(30)26-22(24)32)17-8-10-18(11-9-17)25-20(31)14-29-21(27-28-23(29)33)16-6-4-15(2)5-7-16/h4-11H,3,12-14H2,1-2H3,(H,25,31)(H,28,33)(H,26,30,32). The number of amides is 3. The van der Waals surface area contributed by atoms with Crippen LogP contribution in [0.2, 0.25) is 0 Å². The van der Waals surface area contributed by atoms with Crippen LogP contribution in [-0.4, -0.2) is 32.5 Å². The molecule has 170 valence electrons. The van der Waals surface area contributed by atoms with Crippen molar-refractivity contribution < 1.29 is 14.4 Å². The van der Waals surface area contributed by atoms with E-state index in [1.54, 1.807) is 16.7 Å². The summed E-state index contributed by atoms with van der Waals surface area (Å²) in [5.41, 5.74) is 2.69. The predicted molar refractivity (Wildman–Crippen MR) is 127 cm³/mol. The largest absolute Gasteiger partial charge is 0.325 e. The van der Waals surface area contributed by atoms with Crippen LogP contribution in [0.15, 0.2) is 48.5 Å². The van der Waals surface area contributed by atoms with Crippen LogP contribution in [0.3, 0.4) is 0 Å². The lowest BCUT2D eigenvalue weighted by Crippen LogP contribution is -2.51. The van der Waals surface area contributed by atoms with Crippen molar-refractivity contribution in [2.24, 2.45) is 0 Å². The second-order valence-electron chi connectivity index (χ2n) is 8.24. The maximum atomic E-state index is 12.7. The summed E-state index contributed by atoms with van der Waals surface area (Å²) in [6.07, 6.45) is 1.37. The average Bonchev–Trinajstić information content (AvgIpc) is 3.15. The number of H-pyrrole nitrogens is 1. The second-order valence-corrected chi connectivity index (χ2v) is 8.63. The molecule has 3 amide bonds. The molecular formula is C24H25N5O3S. The molecule has 0 bridgehead atoms. The van der Waals surface area contributed by atoms with Crippen molar-refractivity contribution in [3.8, 4) is 11.4 Å². The summed E-state index contributed by atoms with van der Waals surface area (Å²) in [4.78, 5) is 36.9. The summed E-state index contributed by atoms with van der Waals surface area (Å²) < 4.78 is 2.01. The van der Waals surface area contributed by atoms with Crippen LogP contribution in [0.25, 0.3) is 11.4 Å². The van der Waals surface area contributed by atoms with Gasteiger partial charge in [-0.05, 0) is 49.7 Å². The Morgan fingerprint density at radius 2 is 1.85 bits per heavy atom. The fraction of sp³-hybridized carbons (Fsp3) is 0.292. The number of hydrogen-bond acceptors (Lipinski definition) is 5. The zero-order chi connectivity index (χ0) is 23.6. The third-order valence-corrected chi connectivity index (χ3v) is 6.47. The molecule has 2 heterocycles. The Kier molecular flexibility index (Phi) is 6.24. The average molecular weight is 464 g/mol. The highest BCUT2D eigenvalue weighted by Gasteiger charge is 2.42. The van der Waals surface area contributed by atoms with Gasteiger partial charge in [0.1, 0.15) is 6.54 Å².